The average molecular weight is 237 g/mol. The number of methoxy groups -OCH3 is 1. The van der Waals surface area contributed by atoms with Crippen LogP contribution in [0.5, 0.6) is 5.75 Å². The maximum Gasteiger partial charge on any atom is 0.252 e. The van der Waals surface area contributed by atoms with E-state index >= 15 is 0 Å². The van der Waals surface area contributed by atoms with E-state index < -0.39 is 5.91 Å². The number of carbonyl (C=O) groups excluding carboxylic acids is 1. The molecule has 1 amide bonds. The number of ether oxygens (including phenoxy) is 1. The molecule has 0 saturated carbocycles. The lowest BCUT2D eigenvalue weighted by atomic mass is 9.88. The molecule has 2 aromatic carbocycles. The summed E-state index contributed by atoms with van der Waals surface area (Å²) in [5, 5.41) is 0. The Labute approximate surface area is 107 Å². The van der Waals surface area contributed by atoms with Crippen LogP contribution in [0.25, 0.3) is 11.1 Å². The van der Waals surface area contributed by atoms with E-state index in [0.29, 0.717) is 11.2 Å². The minimum Gasteiger partial charge on any atom is -0.497 e. The van der Waals surface area contributed by atoms with Crippen LogP contribution >= 0.6 is 0 Å². The highest BCUT2D eigenvalue weighted by Gasteiger charge is 2.13. The standard InChI is InChI=1S/C14H12BNO2/c1-18-13-11(14(16)17)7-10(8-12(13)15)9-5-3-2-4-6-9/h2-8H,1H3,(H2,16,17). The fourth-order valence-corrected chi connectivity index (χ4v) is 1.86. The molecule has 0 aliphatic rings. The van der Waals surface area contributed by atoms with Gasteiger partial charge in [-0.1, -0.05) is 41.9 Å². The molecule has 4 heteroatoms. The van der Waals surface area contributed by atoms with E-state index in [2.05, 4.69) is 0 Å². The van der Waals surface area contributed by atoms with Crippen molar-refractivity contribution >= 4 is 19.2 Å². The Morgan fingerprint density at radius 3 is 2.39 bits per heavy atom. The van der Waals surface area contributed by atoms with Gasteiger partial charge in [0.05, 0.1) is 12.7 Å². The second-order valence-corrected chi connectivity index (χ2v) is 3.88. The molecule has 0 aromatic heterocycles. The molecule has 3 nitrogen and oxygen atoms in total. The molecule has 88 valence electrons. The van der Waals surface area contributed by atoms with Crippen molar-refractivity contribution in [3.05, 3.63) is 48.0 Å². The third-order valence-corrected chi connectivity index (χ3v) is 2.69. The van der Waals surface area contributed by atoms with Crippen molar-refractivity contribution in [2.45, 2.75) is 0 Å². The largest absolute Gasteiger partial charge is 0.497 e. The van der Waals surface area contributed by atoms with Gasteiger partial charge in [0.2, 0.25) is 0 Å². The van der Waals surface area contributed by atoms with Gasteiger partial charge in [-0.25, -0.2) is 0 Å². The number of carbonyl (C=O) groups is 1. The molecule has 0 aliphatic heterocycles. The summed E-state index contributed by atoms with van der Waals surface area (Å²) in [5.41, 5.74) is 7.82. The molecule has 2 aromatic rings. The number of hydrogen-bond acceptors (Lipinski definition) is 2. The van der Waals surface area contributed by atoms with E-state index in [9.17, 15) is 4.79 Å². The molecule has 0 atom stereocenters. The third-order valence-electron chi connectivity index (χ3n) is 2.69. The van der Waals surface area contributed by atoms with Crippen molar-refractivity contribution in [2.24, 2.45) is 5.73 Å². The number of primary amides is 1. The second kappa shape index (κ2) is 4.96. The van der Waals surface area contributed by atoms with Crippen LogP contribution in [-0.4, -0.2) is 20.9 Å². The first kappa shape index (κ1) is 12.2. The van der Waals surface area contributed by atoms with Crippen molar-refractivity contribution in [3.63, 3.8) is 0 Å². The van der Waals surface area contributed by atoms with Crippen molar-refractivity contribution in [1.82, 2.24) is 0 Å². The Morgan fingerprint density at radius 2 is 1.83 bits per heavy atom. The molecule has 0 heterocycles. The molecule has 2 radical (unpaired) electrons. The molecule has 2 rings (SSSR count). The molecule has 0 fully saturated rings. The summed E-state index contributed by atoms with van der Waals surface area (Å²) in [4.78, 5) is 11.4. The van der Waals surface area contributed by atoms with Crippen molar-refractivity contribution in [1.29, 1.82) is 0 Å². The monoisotopic (exact) mass is 237 g/mol. The fourth-order valence-electron chi connectivity index (χ4n) is 1.86. The summed E-state index contributed by atoms with van der Waals surface area (Å²) in [7, 11) is 7.33. The summed E-state index contributed by atoms with van der Waals surface area (Å²) in [5.74, 6) is -0.237. The molecule has 0 bridgehead atoms. The zero-order chi connectivity index (χ0) is 13.1. The lowest BCUT2D eigenvalue weighted by molar-refractivity contribution is 0.0997. The molecule has 18 heavy (non-hydrogen) atoms. The van der Waals surface area contributed by atoms with Gasteiger partial charge in [-0.3, -0.25) is 4.79 Å². The highest BCUT2D eigenvalue weighted by molar-refractivity contribution is 6.35. The zero-order valence-corrected chi connectivity index (χ0v) is 10.0. The van der Waals surface area contributed by atoms with Crippen LogP contribution in [-0.2, 0) is 0 Å². The predicted octanol–water partition coefficient (Wildman–Crippen LogP) is 1.25. The number of nitrogens with two attached hydrogens (primary N) is 1. The molecule has 2 N–H and O–H groups in total. The van der Waals surface area contributed by atoms with Crippen LogP contribution in [0.15, 0.2) is 42.5 Å². The molecular weight excluding hydrogens is 225 g/mol. The van der Waals surface area contributed by atoms with Gasteiger partial charge in [0.15, 0.2) is 0 Å². The SMILES string of the molecule is [B]c1cc(-c2ccccc2)cc(C(N)=O)c1OC. The quantitative estimate of drug-likeness (QED) is 0.817. The summed E-state index contributed by atoms with van der Waals surface area (Å²) in [6, 6.07) is 13.1. The van der Waals surface area contributed by atoms with Crippen LogP contribution in [0, 0.1) is 0 Å². The second-order valence-electron chi connectivity index (χ2n) is 3.88. The van der Waals surface area contributed by atoms with Crippen LogP contribution < -0.4 is 15.9 Å². The summed E-state index contributed by atoms with van der Waals surface area (Å²) >= 11 is 0. The van der Waals surface area contributed by atoms with E-state index in [0.717, 1.165) is 11.1 Å². The maximum atomic E-state index is 11.4. The van der Waals surface area contributed by atoms with Crippen LogP contribution in [0.4, 0.5) is 0 Å². The highest BCUT2D eigenvalue weighted by atomic mass is 16.5. The van der Waals surface area contributed by atoms with Gasteiger partial charge < -0.3 is 10.5 Å². The highest BCUT2D eigenvalue weighted by Crippen LogP contribution is 2.24. The fraction of sp³-hybridized carbons (Fsp3) is 0.0714. The van der Waals surface area contributed by atoms with E-state index in [1.54, 1.807) is 12.1 Å². The van der Waals surface area contributed by atoms with Gasteiger partial charge in [-0.05, 0) is 17.2 Å². The topological polar surface area (TPSA) is 52.3 Å². The van der Waals surface area contributed by atoms with Crippen molar-refractivity contribution in [3.8, 4) is 16.9 Å². The minimum absolute atomic E-state index is 0.288. The Morgan fingerprint density at radius 1 is 1.17 bits per heavy atom. The summed E-state index contributed by atoms with van der Waals surface area (Å²) in [6.07, 6.45) is 0. The number of amides is 1. The smallest absolute Gasteiger partial charge is 0.252 e. The van der Waals surface area contributed by atoms with E-state index in [1.165, 1.54) is 7.11 Å². The third kappa shape index (κ3) is 2.23. The first-order chi connectivity index (χ1) is 8.63. The van der Waals surface area contributed by atoms with E-state index in [4.69, 9.17) is 18.3 Å². The molecule has 0 saturated heterocycles. The van der Waals surface area contributed by atoms with E-state index in [1.807, 2.05) is 30.3 Å². The van der Waals surface area contributed by atoms with Gasteiger partial charge in [0, 0.05) is 0 Å². The Bertz CT molecular complexity index is 582. The Hall–Kier alpha value is -2.23. The summed E-state index contributed by atoms with van der Waals surface area (Å²) in [6.45, 7) is 0. The van der Waals surface area contributed by atoms with Crippen molar-refractivity contribution in [2.75, 3.05) is 7.11 Å². The Balaban J connectivity index is 2.62. The number of hydrogen-bond donors (Lipinski definition) is 1. The number of benzene rings is 2. The van der Waals surface area contributed by atoms with E-state index in [-0.39, 0.29) is 5.56 Å². The van der Waals surface area contributed by atoms with Crippen LogP contribution in [0.3, 0.4) is 0 Å². The Kier molecular flexibility index (Phi) is 3.37. The number of rotatable bonds is 3. The van der Waals surface area contributed by atoms with Gasteiger partial charge in [-0.15, -0.1) is 0 Å². The molecule has 0 aliphatic carbocycles. The normalized spacial score (nSPS) is 10.1. The first-order valence-corrected chi connectivity index (χ1v) is 5.46. The van der Waals surface area contributed by atoms with Gasteiger partial charge in [0.1, 0.15) is 13.6 Å². The summed E-state index contributed by atoms with van der Waals surface area (Å²) < 4.78 is 5.10. The predicted molar refractivity (Wildman–Crippen MR) is 72.3 cm³/mol. The molecular formula is C14H12BNO2. The van der Waals surface area contributed by atoms with Crippen molar-refractivity contribution < 1.29 is 9.53 Å². The van der Waals surface area contributed by atoms with Gasteiger partial charge in [-0.2, -0.15) is 0 Å². The van der Waals surface area contributed by atoms with Crippen LogP contribution in [0.1, 0.15) is 10.4 Å². The minimum atomic E-state index is -0.559. The first-order valence-electron chi connectivity index (χ1n) is 5.46. The molecule has 0 spiro atoms. The maximum absolute atomic E-state index is 11.4. The molecule has 0 unspecified atom stereocenters. The van der Waals surface area contributed by atoms with Gasteiger partial charge >= 0.3 is 0 Å². The lowest BCUT2D eigenvalue weighted by Crippen LogP contribution is -2.18. The van der Waals surface area contributed by atoms with Crippen LogP contribution in [0.2, 0.25) is 0 Å². The average Bonchev–Trinajstić information content (AvgIpc) is 2.38. The lowest BCUT2D eigenvalue weighted by Gasteiger charge is -2.12. The zero-order valence-electron chi connectivity index (χ0n) is 10.0. The van der Waals surface area contributed by atoms with Gasteiger partial charge in [0.25, 0.3) is 5.91 Å².